The molecule has 1 unspecified atom stereocenters. The number of carbonyl (C=O) groups excluding carboxylic acids is 1. The number of rotatable bonds is 5. The number of H-pyrrole nitrogens is 1. The highest BCUT2D eigenvalue weighted by Crippen LogP contribution is 2.26. The molecule has 1 atom stereocenters. The van der Waals surface area contributed by atoms with E-state index < -0.39 is 0 Å². The number of likely N-dealkylation sites (N-methyl/N-ethyl adjacent to an activating group) is 1. The van der Waals surface area contributed by atoms with Crippen LogP contribution in [0.1, 0.15) is 19.3 Å². The van der Waals surface area contributed by atoms with Crippen molar-refractivity contribution >= 4 is 51.6 Å². The topological polar surface area (TPSA) is 77.2 Å². The van der Waals surface area contributed by atoms with Crippen LogP contribution < -0.4 is 10.2 Å². The van der Waals surface area contributed by atoms with Gasteiger partial charge in [-0.05, 0) is 43.5 Å². The fraction of sp³-hybridized carbons (Fsp3) is 0.381. The summed E-state index contributed by atoms with van der Waals surface area (Å²) < 4.78 is 0. The van der Waals surface area contributed by atoms with Crippen molar-refractivity contribution in [3.05, 3.63) is 46.8 Å². The molecule has 1 amide bonds. The van der Waals surface area contributed by atoms with Crippen LogP contribution in [-0.4, -0.2) is 58.5 Å². The summed E-state index contributed by atoms with van der Waals surface area (Å²) in [6.07, 6.45) is 6.51. The number of hydrogen-bond donors (Lipinski definition) is 2. The molecule has 0 saturated carbocycles. The van der Waals surface area contributed by atoms with Gasteiger partial charge in [0.2, 0.25) is 5.91 Å². The summed E-state index contributed by atoms with van der Waals surface area (Å²) in [6.45, 7) is 1.61. The Bertz CT molecular complexity index is 1020. The fourth-order valence-electron chi connectivity index (χ4n) is 3.92. The molecule has 7 nitrogen and oxygen atoms in total. The van der Waals surface area contributed by atoms with Gasteiger partial charge in [-0.15, -0.1) is 0 Å². The van der Waals surface area contributed by atoms with Gasteiger partial charge in [-0.2, -0.15) is 0 Å². The maximum Gasteiger partial charge on any atom is 0.241 e. The summed E-state index contributed by atoms with van der Waals surface area (Å²) in [5.74, 6) is 0.938. The van der Waals surface area contributed by atoms with Gasteiger partial charge in [-0.1, -0.05) is 23.2 Å². The molecule has 30 heavy (non-hydrogen) atoms. The van der Waals surface area contributed by atoms with E-state index >= 15 is 0 Å². The first-order valence-electron chi connectivity index (χ1n) is 10.00. The summed E-state index contributed by atoms with van der Waals surface area (Å²) >= 11 is 12.1. The number of nitrogens with zero attached hydrogens (tertiary/aromatic N) is 4. The monoisotopic (exact) mass is 446 g/mol. The van der Waals surface area contributed by atoms with Crippen LogP contribution in [0.4, 0.5) is 11.5 Å². The third-order valence-corrected chi connectivity index (χ3v) is 5.96. The lowest BCUT2D eigenvalue weighted by atomic mass is 10.1. The van der Waals surface area contributed by atoms with E-state index in [0.717, 1.165) is 48.3 Å². The first kappa shape index (κ1) is 20.8. The minimum absolute atomic E-state index is 0.0564. The van der Waals surface area contributed by atoms with E-state index in [1.54, 1.807) is 24.5 Å². The lowest BCUT2D eigenvalue weighted by Crippen LogP contribution is -2.45. The Kier molecular flexibility index (Phi) is 6.29. The molecular formula is C21H24Cl2N6O. The highest BCUT2D eigenvalue weighted by Gasteiger charge is 2.26. The van der Waals surface area contributed by atoms with E-state index in [-0.39, 0.29) is 18.5 Å². The van der Waals surface area contributed by atoms with E-state index in [4.69, 9.17) is 23.2 Å². The number of anilines is 2. The van der Waals surface area contributed by atoms with Gasteiger partial charge in [-0.25, -0.2) is 9.97 Å². The molecule has 2 aromatic heterocycles. The summed E-state index contributed by atoms with van der Waals surface area (Å²) in [7, 11) is 2.04. The van der Waals surface area contributed by atoms with Crippen molar-refractivity contribution in [3.63, 3.8) is 0 Å². The summed E-state index contributed by atoms with van der Waals surface area (Å²) in [5, 5.41) is 5.20. The predicted octanol–water partition coefficient (Wildman–Crippen LogP) is 4.19. The number of carbonyl (C=O) groups is 1. The van der Waals surface area contributed by atoms with Gasteiger partial charge >= 0.3 is 0 Å². The third kappa shape index (κ3) is 4.63. The van der Waals surface area contributed by atoms with Crippen molar-refractivity contribution in [2.75, 3.05) is 36.9 Å². The first-order chi connectivity index (χ1) is 14.5. The van der Waals surface area contributed by atoms with Crippen molar-refractivity contribution in [2.45, 2.75) is 25.3 Å². The number of likely N-dealkylation sites (tertiary alicyclic amines) is 1. The van der Waals surface area contributed by atoms with Gasteiger partial charge in [0, 0.05) is 48.1 Å². The van der Waals surface area contributed by atoms with Crippen LogP contribution in [0.2, 0.25) is 10.0 Å². The highest BCUT2D eigenvalue weighted by atomic mass is 35.5. The van der Waals surface area contributed by atoms with Gasteiger partial charge in [0.25, 0.3) is 0 Å². The van der Waals surface area contributed by atoms with E-state index in [1.165, 1.54) is 0 Å². The molecule has 0 radical (unpaired) electrons. The molecule has 0 spiro atoms. The number of benzene rings is 1. The fourth-order valence-corrected chi connectivity index (χ4v) is 4.45. The number of halogens is 2. The standard InChI is InChI=1S/C21H24Cl2N6O/c1-28(21-18-5-6-24-20(18)26-13-27-21)17-4-2-3-7-29(12-17)19(30)11-25-16-9-14(22)8-15(23)10-16/h5-6,8-10,13,17,25H,2-4,7,11-12H2,1H3,(H,24,26,27). The minimum atomic E-state index is 0.0564. The van der Waals surface area contributed by atoms with Crippen molar-refractivity contribution in [1.82, 2.24) is 19.9 Å². The van der Waals surface area contributed by atoms with Crippen LogP contribution in [0.5, 0.6) is 0 Å². The molecule has 0 aliphatic carbocycles. The first-order valence-corrected chi connectivity index (χ1v) is 10.8. The molecule has 2 N–H and O–H groups in total. The Morgan fingerprint density at radius 2 is 2.07 bits per heavy atom. The molecule has 9 heteroatoms. The van der Waals surface area contributed by atoms with Crippen molar-refractivity contribution in [2.24, 2.45) is 0 Å². The quantitative estimate of drug-likeness (QED) is 0.613. The number of fused-ring (bicyclic) bond motifs is 1. The van der Waals surface area contributed by atoms with Crippen molar-refractivity contribution < 1.29 is 4.79 Å². The average Bonchev–Trinajstić information content (AvgIpc) is 3.07. The van der Waals surface area contributed by atoms with Gasteiger partial charge in [0.05, 0.1) is 11.9 Å². The van der Waals surface area contributed by atoms with Crippen LogP contribution in [0.25, 0.3) is 11.0 Å². The third-order valence-electron chi connectivity index (χ3n) is 5.52. The molecule has 1 saturated heterocycles. The molecule has 3 heterocycles. The van der Waals surface area contributed by atoms with E-state index in [9.17, 15) is 4.79 Å². The molecule has 0 bridgehead atoms. The van der Waals surface area contributed by atoms with Gasteiger partial charge in [0.15, 0.2) is 0 Å². The van der Waals surface area contributed by atoms with Crippen LogP contribution in [0.15, 0.2) is 36.8 Å². The summed E-state index contributed by atoms with van der Waals surface area (Å²) in [5.41, 5.74) is 1.55. The van der Waals surface area contributed by atoms with Gasteiger partial charge in [0.1, 0.15) is 17.8 Å². The Labute approximate surface area is 185 Å². The van der Waals surface area contributed by atoms with E-state index in [1.807, 2.05) is 24.2 Å². The zero-order valence-electron chi connectivity index (χ0n) is 16.7. The second-order valence-corrected chi connectivity index (χ2v) is 8.42. The lowest BCUT2D eigenvalue weighted by molar-refractivity contribution is -0.129. The SMILES string of the molecule is CN(c1ncnc2[nH]ccc12)C1CCCCN(C(=O)CNc2cc(Cl)cc(Cl)c2)C1. The Morgan fingerprint density at radius 3 is 2.87 bits per heavy atom. The summed E-state index contributed by atoms with van der Waals surface area (Å²) in [4.78, 5) is 28.9. The molecule has 1 fully saturated rings. The Hall–Kier alpha value is -2.51. The zero-order valence-corrected chi connectivity index (χ0v) is 18.2. The second kappa shape index (κ2) is 9.10. The maximum absolute atomic E-state index is 12.9. The predicted molar refractivity (Wildman–Crippen MR) is 121 cm³/mol. The van der Waals surface area contributed by atoms with Crippen LogP contribution in [0, 0.1) is 0 Å². The zero-order chi connectivity index (χ0) is 21.1. The van der Waals surface area contributed by atoms with Crippen molar-refractivity contribution in [1.29, 1.82) is 0 Å². The number of amides is 1. The highest BCUT2D eigenvalue weighted by molar-refractivity contribution is 6.35. The molecule has 4 rings (SSSR count). The van der Waals surface area contributed by atoms with Gasteiger partial charge < -0.3 is 20.1 Å². The molecule has 158 valence electrons. The van der Waals surface area contributed by atoms with Crippen LogP contribution in [-0.2, 0) is 4.79 Å². The smallest absolute Gasteiger partial charge is 0.241 e. The summed E-state index contributed by atoms with van der Waals surface area (Å²) in [6, 6.07) is 7.36. The molecule has 1 aliphatic rings. The number of nitrogens with one attached hydrogen (secondary N) is 2. The van der Waals surface area contributed by atoms with Crippen molar-refractivity contribution in [3.8, 4) is 0 Å². The van der Waals surface area contributed by atoms with Gasteiger partial charge in [-0.3, -0.25) is 4.79 Å². The van der Waals surface area contributed by atoms with Crippen LogP contribution >= 0.6 is 23.2 Å². The van der Waals surface area contributed by atoms with E-state index in [0.29, 0.717) is 16.6 Å². The number of hydrogen-bond acceptors (Lipinski definition) is 5. The Morgan fingerprint density at radius 1 is 1.27 bits per heavy atom. The maximum atomic E-state index is 12.9. The lowest BCUT2D eigenvalue weighted by Gasteiger charge is -2.32. The average molecular weight is 447 g/mol. The van der Waals surface area contributed by atoms with Crippen LogP contribution in [0.3, 0.4) is 0 Å². The number of aromatic nitrogens is 3. The van der Waals surface area contributed by atoms with E-state index in [2.05, 4.69) is 25.2 Å². The Balaban J connectivity index is 1.44. The second-order valence-electron chi connectivity index (χ2n) is 7.55. The molecule has 3 aromatic rings. The minimum Gasteiger partial charge on any atom is -0.376 e. The number of aromatic amines is 1. The molecule has 1 aromatic carbocycles. The largest absolute Gasteiger partial charge is 0.376 e. The molecule has 1 aliphatic heterocycles. The normalized spacial score (nSPS) is 17.0. The molecular weight excluding hydrogens is 423 g/mol.